The lowest BCUT2D eigenvalue weighted by molar-refractivity contribution is -0.135. The van der Waals surface area contributed by atoms with E-state index in [1.165, 1.54) is 12.0 Å². The van der Waals surface area contributed by atoms with Crippen molar-refractivity contribution in [3.8, 4) is 23.0 Å². The summed E-state index contributed by atoms with van der Waals surface area (Å²) in [6, 6.07) is 8.83. The smallest absolute Gasteiger partial charge is 0.408 e. The molecular weight excluding hydrogens is 728 g/mol. The summed E-state index contributed by atoms with van der Waals surface area (Å²) < 4.78 is 31.6. The second-order valence-electron chi connectivity index (χ2n) is 15.3. The van der Waals surface area contributed by atoms with E-state index in [2.05, 4.69) is 10.6 Å². The summed E-state index contributed by atoms with van der Waals surface area (Å²) >= 11 is 0. The Morgan fingerprint density at radius 2 is 1.11 bits per heavy atom. The summed E-state index contributed by atoms with van der Waals surface area (Å²) in [5.74, 6) is 1.61. The maximum Gasteiger partial charge on any atom is 0.408 e. The van der Waals surface area contributed by atoms with E-state index in [1.807, 2.05) is 6.07 Å². The van der Waals surface area contributed by atoms with E-state index >= 15 is 0 Å². The van der Waals surface area contributed by atoms with Gasteiger partial charge in [-0.3, -0.25) is 19.2 Å². The lowest BCUT2D eigenvalue weighted by atomic mass is 10.1. The molecule has 4 rings (SSSR count). The van der Waals surface area contributed by atoms with E-state index in [0.717, 1.165) is 11.1 Å². The van der Waals surface area contributed by atoms with Gasteiger partial charge in [0.15, 0.2) is 5.78 Å². The molecule has 0 radical (unpaired) electrons. The number of nitrogens with one attached hydrogen (secondary N) is 2. The Kier molecular flexibility index (Phi) is 15.9. The van der Waals surface area contributed by atoms with Gasteiger partial charge in [-0.15, -0.1) is 0 Å². The quantitative estimate of drug-likeness (QED) is 0.342. The second kappa shape index (κ2) is 19.9. The number of ether oxygens (including phenoxy) is 6. The van der Waals surface area contributed by atoms with Gasteiger partial charge in [-0.25, -0.2) is 9.59 Å². The van der Waals surface area contributed by atoms with E-state index in [1.54, 1.807) is 98.1 Å². The predicted octanol–water partition coefficient (Wildman–Crippen LogP) is 4.58. The van der Waals surface area contributed by atoms with Crippen LogP contribution in [0.4, 0.5) is 9.59 Å². The van der Waals surface area contributed by atoms with Gasteiger partial charge in [0, 0.05) is 62.2 Å². The number of nitrogens with zero attached hydrogens (tertiary/aromatic N) is 2. The summed E-state index contributed by atoms with van der Waals surface area (Å²) in [5.41, 5.74) is 0.145. The van der Waals surface area contributed by atoms with Crippen LogP contribution < -0.4 is 29.6 Å². The number of ketones is 2. The largest absolute Gasteiger partial charge is 0.497 e. The summed E-state index contributed by atoms with van der Waals surface area (Å²) in [4.78, 5) is 77.3. The van der Waals surface area contributed by atoms with E-state index in [0.29, 0.717) is 23.0 Å². The number of alkyl carbamates (subject to hydrolysis) is 2. The predicted molar refractivity (Wildman–Crippen MR) is 205 cm³/mol. The minimum Gasteiger partial charge on any atom is -0.497 e. The lowest BCUT2D eigenvalue weighted by Gasteiger charge is -2.26. The molecule has 2 aliphatic heterocycles. The van der Waals surface area contributed by atoms with Gasteiger partial charge in [-0.05, 0) is 72.2 Å². The molecule has 2 atom stereocenters. The van der Waals surface area contributed by atoms with E-state index in [4.69, 9.17) is 28.4 Å². The maximum absolute atomic E-state index is 13.0. The number of rotatable bonds is 10. The van der Waals surface area contributed by atoms with Gasteiger partial charge in [0.05, 0.1) is 35.0 Å². The number of hydrogen-bond donors (Lipinski definition) is 2. The highest BCUT2D eigenvalue weighted by molar-refractivity contribution is 5.94. The third-order valence-corrected chi connectivity index (χ3v) is 8.48. The zero-order valence-electron chi connectivity index (χ0n) is 34.1. The lowest BCUT2D eigenvalue weighted by Crippen LogP contribution is -2.48. The van der Waals surface area contributed by atoms with Crippen molar-refractivity contribution in [2.45, 2.75) is 104 Å². The fourth-order valence-electron chi connectivity index (χ4n) is 5.84. The summed E-state index contributed by atoms with van der Waals surface area (Å²) in [6.07, 6.45) is -0.759. The van der Waals surface area contributed by atoms with Gasteiger partial charge in [0.2, 0.25) is 11.8 Å². The van der Waals surface area contributed by atoms with E-state index in [9.17, 15) is 28.8 Å². The van der Waals surface area contributed by atoms with Gasteiger partial charge >= 0.3 is 12.2 Å². The fraction of sp³-hybridized carbons (Fsp3) is 0.550. The molecule has 2 aromatic carbocycles. The number of amides is 4. The number of benzene rings is 2. The van der Waals surface area contributed by atoms with Crippen molar-refractivity contribution in [1.29, 1.82) is 0 Å². The highest BCUT2D eigenvalue weighted by Crippen LogP contribution is 2.28. The summed E-state index contributed by atoms with van der Waals surface area (Å²) in [7, 11) is 6.18. The van der Waals surface area contributed by atoms with Crippen LogP contribution in [0.3, 0.4) is 0 Å². The highest BCUT2D eigenvalue weighted by atomic mass is 16.6. The van der Waals surface area contributed by atoms with Crippen LogP contribution in [0.25, 0.3) is 0 Å². The van der Waals surface area contributed by atoms with Crippen molar-refractivity contribution >= 4 is 35.6 Å². The molecule has 2 aliphatic rings. The molecule has 4 amide bonds. The number of Topliss-reactive ketones (excluding diaryl/α,β-unsaturated/α-hetero) is 2. The molecule has 2 aromatic rings. The first kappa shape index (κ1) is 44.9. The van der Waals surface area contributed by atoms with Gasteiger partial charge in [-0.1, -0.05) is 0 Å². The minimum atomic E-state index is -0.950. The molecule has 0 saturated carbocycles. The first-order chi connectivity index (χ1) is 26.2. The molecule has 0 spiro atoms. The Morgan fingerprint density at radius 1 is 0.643 bits per heavy atom. The van der Waals surface area contributed by atoms with E-state index in [-0.39, 0.29) is 75.2 Å². The minimum absolute atomic E-state index is 0.0134. The Morgan fingerprint density at radius 3 is 1.57 bits per heavy atom. The average Bonchev–Trinajstić information content (AvgIpc) is 3.33. The summed E-state index contributed by atoms with van der Waals surface area (Å²) in [6.45, 7) is 11.1. The maximum atomic E-state index is 13.0. The van der Waals surface area contributed by atoms with Crippen LogP contribution in [0, 0.1) is 0 Å². The second-order valence-corrected chi connectivity index (χ2v) is 15.3. The van der Waals surface area contributed by atoms with Crippen molar-refractivity contribution in [2.24, 2.45) is 0 Å². The monoisotopic (exact) mass is 784 g/mol. The van der Waals surface area contributed by atoms with Crippen LogP contribution in [0.15, 0.2) is 36.4 Å². The Bertz CT molecular complexity index is 1730. The van der Waals surface area contributed by atoms with Crippen LogP contribution in [0.2, 0.25) is 0 Å². The SMILES string of the molecule is COc1ccc(CN2CC(=O)CC[C@@H](NC(=O)OC(C)(C)C)C2=O)c(OC)c1.COc1ccc(CN2CCC(=O)C[C@@H](NC(=O)OC(C)(C)C)C2=O)c(OC)c1. The Hall–Kier alpha value is -5.54. The molecule has 308 valence electrons. The van der Waals surface area contributed by atoms with E-state index < -0.39 is 35.5 Å². The van der Waals surface area contributed by atoms with Crippen LogP contribution in [0.1, 0.15) is 78.4 Å². The van der Waals surface area contributed by atoms with Crippen LogP contribution >= 0.6 is 0 Å². The molecule has 2 heterocycles. The van der Waals surface area contributed by atoms with Crippen LogP contribution in [-0.4, -0.2) is 110 Å². The molecule has 56 heavy (non-hydrogen) atoms. The molecule has 16 nitrogen and oxygen atoms in total. The van der Waals surface area contributed by atoms with Gasteiger partial charge < -0.3 is 48.9 Å². The Balaban J connectivity index is 0.000000300. The normalized spacial score (nSPS) is 17.8. The van der Waals surface area contributed by atoms with Crippen molar-refractivity contribution in [2.75, 3.05) is 41.5 Å². The molecule has 0 unspecified atom stereocenters. The zero-order valence-corrected chi connectivity index (χ0v) is 34.1. The summed E-state index contributed by atoms with van der Waals surface area (Å²) in [5, 5.41) is 5.13. The van der Waals surface area contributed by atoms with Gasteiger partial charge in [-0.2, -0.15) is 0 Å². The third kappa shape index (κ3) is 13.9. The topological polar surface area (TPSA) is 188 Å². The van der Waals surface area contributed by atoms with Crippen molar-refractivity contribution < 1.29 is 57.2 Å². The molecule has 2 N–H and O–H groups in total. The van der Waals surface area contributed by atoms with Crippen LogP contribution in [0.5, 0.6) is 23.0 Å². The Labute approximate surface area is 328 Å². The first-order valence-electron chi connectivity index (χ1n) is 18.3. The molecule has 0 bridgehead atoms. The highest BCUT2D eigenvalue weighted by Gasteiger charge is 2.34. The van der Waals surface area contributed by atoms with Crippen molar-refractivity contribution in [1.82, 2.24) is 20.4 Å². The first-order valence-corrected chi connectivity index (χ1v) is 18.3. The number of hydrogen-bond acceptors (Lipinski definition) is 12. The van der Waals surface area contributed by atoms with Crippen molar-refractivity contribution in [3.63, 3.8) is 0 Å². The molecule has 2 saturated heterocycles. The number of methoxy groups -OCH3 is 4. The van der Waals surface area contributed by atoms with Crippen LogP contribution in [-0.2, 0) is 41.7 Å². The number of likely N-dealkylation sites (tertiary alicyclic amines) is 2. The third-order valence-electron chi connectivity index (χ3n) is 8.48. The van der Waals surface area contributed by atoms with Gasteiger partial charge in [0.1, 0.15) is 52.1 Å². The van der Waals surface area contributed by atoms with Gasteiger partial charge in [0.25, 0.3) is 0 Å². The fourth-order valence-corrected chi connectivity index (χ4v) is 5.84. The molecular formula is C40H56N4O12. The standard InChI is InChI=1S/2C20H28N2O6/c1-20(2,3)28-19(25)21-16-9-7-14(23)12-22(18(16)24)11-13-6-8-15(26-4)10-17(13)27-5;1-20(2,3)28-19(25)21-16-10-14(23)8-9-22(18(16)24)12-13-6-7-15(26-4)11-17(13)27-5/h6,8,10,16H,7,9,11-12H2,1-5H3,(H,21,25);6-7,11,16H,8-10,12H2,1-5H3,(H,21,25)/t2*16-/m11/s1. The molecule has 0 aromatic heterocycles. The zero-order chi connectivity index (χ0) is 41.8. The number of carbonyl (C=O) groups excluding carboxylic acids is 6. The molecule has 16 heteroatoms. The number of carbonyl (C=O) groups is 6. The van der Waals surface area contributed by atoms with Crippen molar-refractivity contribution in [3.05, 3.63) is 47.5 Å². The molecule has 2 fully saturated rings. The molecule has 0 aliphatic carbocycles. The average molecular weight is 785 g/mol.